The lowest BCUT2D eigenvalue weighted by Gasteiger charge is -2.08. The number of phenolic OH excluding ortho intramolecular Hbond substituents is 1. The van der Waals surface area contributed by atoms with Gasteiger partial charge in [0.1, 0.15) is 12.4 Å². The average Bonchev–Trinajstić information content (AvgIpc) is 2.23. The summed E-state index contributed by atoms with van der Waals surface area (Å²) in [4.78, 5) is 5.15. The number of oxime groups is 1. The number of rotatable bonds is 4. The second-order valence-corrected chi connectivity index (χ2v) is 3.96. The zero-order chi connectivity index (χ0) is 12.1. The van der Waals surface area contributed by atoms with Crippen LogP contribution < -0.4 is 0 Å². The van der Waals surface area contributed by atoms with Crippen molar-refractivity contribution in [3.8, 4) is 5.75 Å². The summed E-state index contributed by atoms with van der Waals surface area (Å²) in [5.74, 6) is 0.323. The van der Waals surface area contributed by atoms with Gasteiger partial charge >= 0.3 is 0 Å². The van der Waals surface area contributed by atoms with Crippen molar-refractivity contribution in [2.24, 2.45) is 5.16 Å². The summed E-state index contributed by atoms with van der Waals surface area (Å²) in [5.41, 5.74) is 3.72. The van der Waals surface area contributed by atoms with E-state index in [9.17, 15) is 5.11 Å². The maximum absolute atomic E-state index is 9.55. The summed E-state index contributed by atoms with van der Waals surface area (Å²) >= 11 is 0. The largest absolute Gasteiger partial charge is 0.508 e. The Kier molecular flexibility index (Phi) is 4.35. The number of benzene rings is 1. The first-order valence-corrected chi connectivity index (χ1v) is 5.53. The smallest absolute Gasteiger partial charge is 0.118 e. The molecule has 1 aromatic carbocycles. The SMILES string of the molecule is CCCO/N=C(\C)c1cc(C)c(O)cc1C. The van der Waals surface area contributed by atoms with Crippen molar-refractivity contribution in [3.63, 3.8) is 0 Å². The van der Waals surface area contributed by atoms with Crippen LogP contribution in [0, 0.1) is 13.8 Å². The molecule has 0 aliphatic carbocycles. The van der Waals surface area contributed by atoms with Crippen LogP contribution in [0.25, 0.3) is 0 Å². The molecule has 0 aliphatic rings. The Morgan fingerprint density at radius 1 is 1.31 bits per heavy atom. The highest BCUT2D eigenvalue weighted by Crippen LogP contribution is 2.21. The van der Waals surface area contributed by atoms with Crippen molar-refractivity contribution < 1.29 is 9.94 Å². The van der Waals surface area contributed by atoms with Crippen LogP contribution in [-0.4, -0.2) is 17.4 Å². The topological polar surface area (TPSA) is 41.8 Å². The van der Waals surface area contributed by atoms with E-state index >= 15 is 0 Å². The summed E-state index contributed by atoms with van der Waals surface area (Å²) in [5, 5.41) is 13.6. The molecule has 0 saturated carbocycles. The van der Waals surface area contributed by atoms with E-state index in [-0.39, 0.29) is 0 Å². The van der Waals surface area contributed by atoms with Gasteiger partial charge in [-0.25, -0.2) is 0 Å². The van der Waals surface area contributed by atoms with Gasteiger partial charge in [-0.05, 0) is 50.5 Å². The van der Waals surface area contributed by atoms with E-state index in [2.05, 4.69) is 5.16 Å². The van der Waals surface area contributed by atoms with Crippen LogP contribution in [0.4, 0.5) is 0 Å². The van der Waals surface area contributed by atoms with Crippen molar-refractivity contribution in [3.05, 3.63) is 28.8 Å². The molecule has 0 unspecified atom stereocenters. The molecular weight excluding hydrogens is 202 g/mol. The van der Waals surface area contributed by atoms with E-state index in [1.54, 1.807) is 6.07 Å². The molecule has 0 saturated heterocycles. The molecule has 0 spiro atoms. The summed E-state index contributed by atoms with van der Waals surface area (Å²) < 4.78 is 0. The van der Waals surface area contributed by atoms with E-state index < -0.39 is 0 Å². The molecule has 0 atom stereocenters. The number of hydrogen-bond acceptors (Lipinski definition) is 3. The van der Waals surface area contributed by atoms with Crippen LogP contribution >= 0.6 is 0 Å². The number of aryl methyl sites for hydroxylation is 2. The summed E-state index contributed by atoms with van der Waals surface area (Å²) in [6.45, 7) is 8.41. The fraction of sp³-hybridized carbons (Fsp3) is 0.462. The van der Waals surface area contributed by atoms with Crippen molar-refractivity contribution >= 4 is 5.71 Å². The molecule has 0 heterocycles. The fourth-order valence-corrected chi connectivity index (χ4v) is 1.47. The highest BCUT2D eigenvalue weighted by molar-refractivity contribution is 5.99. The predicted molar refractivity (Wildman–Crippen MR) is 66.0 cm³/mol. The molecule has 16 heavy (non-hydrogen) atoms. The van der Waals surface area contributed by atoms with Crippen molar-refractivity contribution in [2.45, 2.75) is 34.1 Å². The van der Waals surface area contributed by atoms with Crippen LogP contribution in [0.3, 0.4) is 0 Å². The molecular formula is C13H19NO2. The zero-order valence-electron chi connectivity index (χ0n) is 10.4. The van der Waals surface area contributed by atoms with E-state index in [1.807, 2.05) is 33.8 Å². The van der Waals surface area contributed by atoms with Gasteiger partial charge in [-0.1, -0.05) is 12.1 Å². The molecule has 1 aromatic rings. The summed E-state index contributed by atoms with van der Waals surface area (Å²) in [7, 11) is 0. The molecule has 3 heteroatoms. The summed E-state index contributed by atoms with van der Waals surface area (Å²) in [6, 6.07) is 3.68. The Hall–Kier alpha value is -1.51. The minimum Gasteiger partial charge on any atom is -0.508 e. The Labute approximate surface area is 96.7 Å². The Bertz CT molecular complexity index is 397. The van der Waals surface area contributed by atoms with Gasteiger partial charge in [0.2, 0.25) is 0 Å². The number of nitrogens with zero attached hydrogens (tertiary/aromatic N) is 1. The van der Waals surface area contributed by atoms with Gasteiger partial charge in [0.05, 0.1) is 5.71 Å². The molecule has 1 N–H and O–H groups in total. The molecule has 0 fully saturated rings. The van der Waals surface area contributed by atoms with Crippen molar-refractivity contribution in [1.82, 2.24) is 0 Å². The van der Waals surface area contributed by atoms with Gasteiger partial charge < -0.3 is 9.94 Å². The Balaban J connectivity index is 2.95. The molecule has 1 rings (SSSR count). The lowest BCUT2D eigenvalue weighted by atomic mass is 10.0. The van der Waals surface area contributed by atoms with Gasteiger partial charge in [-0.3, -0.25) is 0 Å². The maximum atomic E-state index is 9.55. The van der Waals surface area contributed by atoms with Crippen LogP contribution in [0.1, 0.15) is 37.0 Å². The quantitative estimate of drug-likeness (QED) is 0.482. The normalized spacial score (nSPS) is 11.6. The maximum Gasteiger partial charge on any atom is 0.118 e. The first kappa shape index (κ1) is 12.6. The lowest BCUT2D eigenvalue weighted by molar-refractivity contribution is 0.145. The minimum absolute atomic E-state index is 0.323. The second-order valence-electron chi connectivity index (χ2n) is 3.96. The van der Waals surface area contributed by atoms with E-state index in [0.29, 0.717) is 12.4 Å². The van der Waals surface area contributed by atoms with Gasteiger partial charge in [-0.15, -0.1) is 0 Å². The molecule has 0 aliphatic heterocycles. The molecule has 0 amide bonds. The van der Waals surface area contributed by atoms with Crippen LogP contribution in [0.5, 0.6) is 5.75 Å². The van der Waals surface area contributed by atoms with Crippen molar-refractivity contribution in [1.29, 1.82) is 0 Å². The van der Waals surface area contributed by atoms with Crippen LogP contribution in [0.2, 0.25) is 0 Å². The molecule has 88 valence electrons. The fourth-order valence-electron chi connectivity index (χ4n) is 1.47. The molecule has 0 radical (unpaired) electrons. The minimum atomic E-state index is 0.323. The zero-order valence-corrected chi connectivity index (χ0v) is 10.4. The third-order valence-electron chi connectivity index (χ3n) is 2.43. The van der Waals surface area contributed by atoms with E-state index in [0.717, 1.165) is 28.8 Å². The lowest BCUT2D eigenvalue weighted by Crippen LogP contribution is -2.00. The number of phenols is 1. The molecule has 3 nitrogen and oxygen atoms in total. The van der Waals surface area contributed by atoms with E-state index in [1.165, 1.54) is 0 Å². The molecule has 0 bridgehead atoms. The second kappa shape index (κ2) is 5.54. The van der Waals surface area contributed by atoms with Crippen LogP contribution in [0.15, 0.2) is 17.3 Å². The number of hydrogen-bond donors (Lipinski definition) is 1. The third kappa shape index (κ3) is 2.99. The van der Waals surface area contributed by atoms with Gasteiger partial charge in [0, 0.05) is 5.56 Å². The third-order valence-corrected chi connectivity index (χ3v) is 2.43. The van der Waals surface area contributed by atoms with Crippen LogP contribution in [-0.2, 0) is 4.84 Å². The standard InChI is InChI=1S/C13H19NO2/c1-5-6-16-14-11(4)12-7-10(3)13(15)8-9(12)2/h7-8,15H,5-6H2,1-4H3/b14-11+. The molecule has 0 aromatic heterocycles. The highest BCUT2D eigenvalue weighted by Gasteiger charge is 2.06. The van der Waals surface area contributed by atoms with Gasteiger partial charge in [-0.2, -0.15) is 0 Å². The number of aromatic hydroxyl groups is 1. The Morgan fingerprint density at radius 3 is 2.62 bits per heavy atom. The first-order valence-electron chi connectivity index (χ1n) is 5.53. The Morgan fingerprint density at radius 2 is 2.00 bits per heavy atom. The predicted octanol–water partition coefficient (Wildman–Crippen LogP) is 3.16. The van der Waals surface area contributed by atoms with Gasteiger partial charge in [0.25, 0.3) is 0 Å². The highest BCUT2D eigenvalue weighted by atomic mass is 16.6. The van der Waals surface area contributed by atoms with E-state index in [4.69, 9.17) is 4.84 Å². The van der Waals surface area contributed by atoms with Crippen molar-refractivity contribution in [2.75, 3.05) is 6.61 Å². The average molecular weight is 221 g/mol. The monoisotopic (exact) mass is 221 g/mol. The summed E-state index contributed by atoms with van der Waals surface area (Å²) in [6.07, 6.45) is 0.949. The first-order chi connectivity index (χ1) is 7.56. The van der Waals surface area contributed by atoms with Gasteiger partial charge in [0.15, 0.2) is 0 Å².